The van der Waals surface area contributed by atoms with E-state index in [0.717, 1.165) is 11.4 Å². The van der Waals surface area contributed by atoms with Crippen LogP contribution in [-0.2, 0) is 5.75 Å². The summed E-state index contributed by atoms with van der Waals surface area (Å²) in [6.07, 6.45) is 1.58. The van der Waals surface area contributed by atoms with Gasteiger partial charge in [0, 0.05) is 6.20 Å². The zero-order valence-corrected chi connectivity index (χ0v) is 12.3. The normalized spacial score (nSPS) is 10.9. The Balaban J connectivity index is 1.92. The minimum Gasteiger partial charge on any atom is -0.334 e. The van der Waals surface area contributed by atoms with E-state index in [4.69, 9.17) is 4.52 Å². The van der Waals surface area contributed by atoms with Crippen LogP contribution in [0, 0.1) is 0 Å². The fourth-order valence-electron chi connectivity index (χ4n) is 1.91. The lowest BCUT2D eigenvalue weighted by Crippen LogP contribution is -2.15. The van der Waals surface area contributed by atoms with Crippen LogP contribution in [0.4, 0.5) is 0 Å². The summed E-state index contributed by atoms with van der Waals surface area (Å²) < 4.78 is 6.61. The molecule has 108 valence electrons. The Morgan fingerprint density at radius 2 is 2.14 bits per heavy atom. The predicted molar refractivity (Wildman–Crippen MR) is 81.5 cm³/mol. The van der Waals surface area contributed by atoms with Gasteiger partial charge in [0.15, 0.2) is 5.82 Å². The molecule has 0 radical (unpaired) electrons. The molecule has 0 atom stereocenters. The Bertz CT molecular complexity index is 776. The SMILES string of the molecule is CCSCc1noc(-c2c[nH]n(-c3ccccc3)c2=O)n1. The van der Waals surface area contributed by atoms with Crippen LogP contribution in [-0.4, -0.2) is 25.7 Å². The highest BCUT2D eigenvalue weighted by Crippen LogP contribution is 2.16. The molecule has 0 spiro atoms. The molecule has 3 rings (SSSR count). The summed E-state index contributed by atoms with van der Waals surface area (Å²) >= 11 is 1.70. The second-order valence-electron chi connectivity index (χ2n) is 4.32. The highest BCUT2D eigenvalue weighted by Gasteiger charge is 2.16. The molecule has 0 aliphatic carbocycles. The number of hydrogen-bond acceptors (Lipinski definition) is 5. The zero-order valence-electron chi connectivity index (χ0n) is 11.4. The van der Waals surface area contributed by atoms with E-state index in [1.165, 1.54) is 4.68 Å². The van der Waals surface area contributed by atoms with Crippen LogP contribution in [0.15, 0.2) is 45.8 Å². The highest BCUT2D eigenvalue weighted by atomic mass is 32.2. The average molecular weight is 302 g/mol. The minimum atomic E-state index is -0.209. The fourth-order valence-corrected chi connectivity index (χ4v) is 2.41. The summed E-state index contributed by atoms with van der Waals surface area (Å²) in [5, 5.41) is 6.80. The summed E-state index contributed by atoms with van der Waals surface area (Å²) in [4.78, 5) is 16.6. The van der Waals surface area contributed by atoms with Crippen LogP contribution in [0.3, 0.4) is 0 Å². The van der Waals surface area contributed by atoms with Crippen molar-refractivity contribution in [3.8, 4) is 17.1 Å². The molecule has 0 bridgehead atoms. The second kappa shape index (κ2) is 6.01. The molecule has 0 saturated heterocycles. The van der Waals surface area contributed by atoms with Gasteiger partial charge in [-0.25, -0.2) is 4.68 Å². The molecular weight excluding hydrogens is 288 g/mol. The number of aromatic amines is 1. The average Bonchev–Trinajstić information content (AvgIpc) is 3.12. The van der Waals surface area contributed by atoms with Gasteiger partial charge in [-0.05, 0) is 17.9 Å². The van der Waals surface area contributed by atoms with Crippen molar-refractivity contribution in [1.29, 1.82) is 0 Å². The Morgan fingerprint density at radius 3 is 2.90 bits per heavy atom. The zero-order chi connectivity index (χ0) is 14.7. The first-order chi connectivity index (χ1) is 10.3. The maximum atomic E-state index is 12.4. The monoisotopic (exact) mass is 302 g/mol. The van der Waals surface area contributed by atoms with E-state index < -0.39 is 0 Å². The molecule has 7 heteroatoms. The van der Waals surface area contributed by atoms with Crippen molar-refractivity contribution >= 4 is 11.8 Å². The molecular formula is C14H14N4O2S. The number of nitrogens with one attached hydrogen (secondary N) is 1. The first-order valence-electron chi connectivity index (χ1n) is 6.56. The molecule has 2 aromatic heterocycles. The topological polar surface area (TPSA) is 76.7 Å². The Morgan fingerprint density at radius 1 is 1.33 bits per heavy atom. The molecule has 0 amide bonds. The maximum absolute atomic E-state index is 12.4. The number of para-hydroxylation sites is 1. The van der Waals surface area contributed by atoms with Crippen LogP contribution in [0.2, 0.25) is 0 Å². The number of rotatable bonds is 5. The number of thioether (sulfide) groups is 1. The van der Waals surface area contributed by atoms with E-state index in [1.807, 2.05) is 30.3 Å². The number of nitrogens with zero attached hydrogens (tertiary/aromatic N) is 3. The van der Waals surface area contributed by atoms with Crippen molar-refractivity contribution in [1.82, 2.24) is 19.9 Å². The molecule has 0 unspecified atom stereocenters. The minimum absolute atomic E-state index is 0.209. The smallest absolute Gasteiger partial charge is 0.284 e. The first-order valence-corrected chi connectivity index (χ1v) is 7.71. The third-order valence-electron chi connectivity index (χ3n) is 2.92. The summed E-state index contributed by atoms with van der Waals surface area (Å²) in [5.41, 5.74) is 0.925. The van der Waals surface area contributed by atoms with Gasteiger partial charge >= 0.3 is 0 Å². The molecule has 0 aliphatic heterocycles. The van der Waals surface area contributed by atoms with E-state index >= 15 is 0 Å². The van der Waals surface area contributed by atoms with Gasteiger partial charge in [0.05, 0.1) is 11.4 Å². The molecule has 1 aromatic carbocycles. The number of hydrogen-bond donors (Lipinski definition) is 1. The van der Waals surface area contributed by atoms with E-state index in [2.05, 4.69) is 22.2 Å². The van der Waals surface area contributed by atoms with E-state index in [0.29, 0.717) is 17.1 Å². The summed E-state index contributed by atoms with van der Waals surface area (Å²) in [5.74, 6) is 2.51. The van der Waals surface area contributed by atoms with Crippen molar-refractivity contribution < 1.29 is 4.52 Å². The lowest BCUT2D eigenvalue weighted by molar-refractivity contribution is 0.425. The van der Waals surface area contributed by atoms with E-state index in [-0.39, 0.29) is 11.4 Å². The van der Waals surface area contributed by atoms with Crippen LogP contribution < -0.4 is 5.56 Å². The number of benzene rings is 1. The third kappa shape index (κ3) is 2.78. The fraction of sp³-hybridized carbons (Fsp3) is 0.214. The molecule has 1 N–H and O–H groups in total. The summed E-state index contributed by atoms with van der Waals surface area (Å²) in [6, 6.07) is 9.33. The van der Waals surface area contributed by atoms with Gasteiger partial charge in [-0.15, -0.1) is 0 Å². The Hall–Kier alpha value is -2.28. The van der Waals surface area contributed by atoms with Gasteiger partial charge in [0.2, 0.25) is 0 Å². The van der Waals surface area contributed by atoms with Crippen molar-refractivity contribution in [3.63, 3.8) is 0 Å². The molecule has 6 nitrogen and oxygen atoms in total. The maximum Gasteiger partial charge on any atom is 0.284 e. The van der Waals surface area contributed by atoms with Crippen LogP contribution in [0.5, 0.6) is 0 Å². The van der Waals surface area contributed by atoms with Crippen molar-refractivity contribution in [2.45, 2.75) is 12.7 Å². The molecule has 21 heavy (non-hydrogen) atoms. The lowest BCUT2D eigenvalue weighted by atomic mass is 10.3. The molecule has 0 aliphatic rings. The summed E-state index contributed by atoms with van der Waals surface area (Å²) in [7, 11) is 0. The van der Waals surface area contributed by atoms with Crippen molar-refractivity contribution in [2.24, 2.45) is 0 Å². The number of aromatic nitrogens is 4. The van der Waals surface area contributed by atoms with Crippen molar-refractivity contribution in [3.05, 3.63) is 52.7 Å². The highest BCUT2D eigenvalue weighted by molar-refractivity contribution is 7.98. The lowest BCUT2D eigenvalue weighted by Gasteiger charge is -1.98. The van der Waals surface area contributed by atoms with Crippen LogP contribution in [0.1, 0.15) is 12.7 Å². The molecule has 0 fully saturated rings. The van der Waals surface area contributed by atoms with Gasteiger partial charge < -0.3 is 4.52 Å². The Kier molecular flexibility index (Phi) is 3.92. The van der Waals surface area contributed by atoms with Crippen LogP contribution in [0.25, 0.3) is 17.1 Å². The molecule has 2 heterocycles. The van der Waals surface area contributed by atoms with Gasteiger partial charge in [0.1, 0.15) is 5.56 Å². The van der Waals surface area contributed by atoms with Crippen molar-refractivity contribution in [2.75, 3.05) is 5.75 Å². The second-order valence-corrected chi connectivity index (χ2v) is 5.59. The first kappa shape index (κ1) is 13.7. The van der Waals surface area contributed by atoms with Gasteiger partial charge in [0.25, 0.3) is 11.4 Å². The molecule has 3 aromatic rings. The van der Waals surface area contributed by atoms with Crippen LogP contribution >= 0.6 is 11.8 Å². The standard InChI is InChI=1S/C14H14N4O2S/c1-2-21-9-12-16-13(20-17-12)11-8-15-18(14(11)19)10-6-4-3-5-7-10/h3-8,15H,2,9H2,1H3. The third-order valence-corrected chi connectivity index (χ3v) is 3.79. The van der Waals surface area contributed by atoms with Gasteiger partial charge in [-0.3, -0.25) is 9.89 Å². The number of H-pyrrole nitrogens is 1. The Labute approximate surface area is 125 Å². The summed E-state index contributed by atoms with van der Waals surface area (Å²) in [6.45, 7) is 2.07. The quantitative estimate of drug-likeness (QED) is 0.783. The van der Waals surface area contributed by atoms with E-state index in [9.17, 15) is 4.79 Å². The molecule has 0 saturated carbocycles. The van der Waals surface area contributed by atoms with E-state index in [1.54, 1.807) is 18.0 Å². The predicted octanol–water partition coefficient (Wildman–Crippen LogP) is 2.47. The van der Waals surface area contributed by atoms with Gasteiger partial charge in [-0.2, -0.15) is 16.7 Å². The largest absolute Gasteiger partial charge is 0.334 e. The van der Waals surface area contributed by atoms with Gasteiger partial charge in [-0.1, -0.05) is 30.3 Å².